The lowest BCUT2D eigenvalue weighted by Crippen LogP contribution is -2.23. The van der Waals surface area contributed by atoms with E-state index in [2.05, 4.69) is 20.4 Å². The second kappa shape index (κ2) is 8.70. The first kappa shape index (κ1) is 19.6. The van der Waals surface area contributed by atoms with Gasteiger partial charge in [0.25, 0.3) is 17.8 Å². The van der Waals surface area contributed by atoms with Crippen LogP contribution in [0.1, 0.15) is 20.9 Å². The standard InChI is InChI=1S/C20H17FN4O4/c21-17-9-8-16(29-17)20(28)25-13-5-3-4-12(10-13)24-18(26)11-23-15-7-2-1-6-14(15)19(22)27/h1-10,23H,11H2,(H2,22,27)(H,24,26)(H,25,28). The van der Waals surface area contributed by atoms with Crippen molar-refractivity contribution < 1.29 is 23.2 Å². The summed E-state index contributed by atoms with van der Waals surface area (Å²) < 4.78 is 17.5. The monoisotopic (exact) mass is 396 g/mol. The average molecular weight is 396 g/mol. The van der Waals surface area contributed by atoms with Crippen molar-refractivity contribution in [3.63, 3.8) is 0 Å². The fourth-order valence-electron chi connectivity index (χ4n) is 2.54. The van der Waals surface area contributed by atoms with Gasteiger partial charge in [0.05, 0.1) is 12.1 Å². The Bertz CT molecular complexity index is 1060. The number of hydrogen-bond donors (Lipinski definition) is 4. The molecular formula is C20H17FN4O4. The van der Waals surface area contributed by atoms with E-state index >= 15 is 0 Å². The molecule has 29 heavy (non-hydrogen) atoms. The molecule has 0 unspecified atom stereocenters. The van der Waals surface area contributed by atoms with Gasteiger partial charge in [-0.25, -0.2) is 0 Å². The van der Waals surface area contributed by atoms with Gasteiger partial charge in [0.2, 0.25) is 5.91 Å². The van der Waals surface area contributed by atoms with E-state index in [1.807, 2.05) is 0 Å². The molecule has 8 nitrogen and oxygen atoms in total. The highest BCUT2D eigenvalue weighted by Gasteiger charge is 2.12. The molecule has 1 heterocycles. The summed E-state index contributed by atoms with van der Waals surface area (Å²) in [6.07, 6.45) is 0. The Morgan fingerprint density at radius 3 is 2.34 bits per heavy atom. The van der Waals surface area contributed by atoms with Crippen molar-refractivity contribution in [1.29, 1.82) is 0 Å². The van der Waals surface area contributed by atoms with Gasteiger partial charge in [-0.05, 0) is 36.4 Å². The molecule has 148 valence electrons. The second-order valence-corrected chi connectivity index (χ2v) is 5.95. The molecule has 5 N–H and O–H groups in total. The van der Waals surface area contributed by atoms with Crippen LogP contribution in [0.5, 0.6) is 0 Å². The van der Waals surface area contributed by atoms with E-state index < -0.39 is 17.8 Å². The number of furan rings is 1. The molecule has 0 radical (unpaired) electrons. The van der Waals surface area contributed by atoms with Gasteiger partial charge < -0.3 is 26.1 Å². The highest BCUT2D eigenvalue weighted by molar-refractivity contribution is 6.03. The van der Waals surface area contributed by atoms with Crippen molar-refractivity contribution in [3.05, 3.63) is 78.0 Å². The Hall–Kier alpha value is -4.14. The first-order valence-electron chi connectivity index (χ1n) is 8.51. The Balaban J connectivity index is 1.59. The largest absolute Gasteiger partial charge is 0.426 e. The molecule has 2 aromatic carbocycles. The van der Waals surface area contributed by atoms with Crippen LogP contribution >= 0.6 is 0 Å². The summed E-state index contributed by atoms with van der Waals surface area (Å²) in [5.74, 6) is -1.77. The zero-order valence-electron chi connectivity index (χ0n) is 15.1. The maximum atomic E-state index is 12.9. The van der Waals surface area contributed by atoms with E-state index in [0.29, 0.717) is 17.1 Å². The highest BCUT2D eigenvalue weighted by Crippen LogP contribution is 2.17. The van der Waals surface area contributed by atoms with E-state index in [-0.39, 0.29) is 23.8 Å². The number of primary amides is 1. The van der Waals surface area contributed by atoms with Gasteiger partial charge in [-0.15, -0.1) is 0 Å². The Morgan fingerprint density at radius 1 is 0.931 bits per heavy atom. The molecule has 3 rings (SSSR count). The van der Waals surface area contributed by atoms with Crippen LogP contribution in [0.4, 0.5) is 21.5 Å². The number of nitrogens with two attached hydrogens (primary N) is 1. The van der Waals surface area contributed by atoms with Crippen molar-refractivity contribution >= 4 is 34.8 Å². The number of halogens is 1. The average Bonchev–Trinajstić information content (AvgIpc) is 3.13. The Kier molecular flexibility index (Phi) is 5.88. The summed E-state index contributed by atoms with van der Waals surface area (Å²) in [5, 5.41) is 8.07. The number of amides is 3. The van der Waals surface area contributed by atoms with E-state index in [9.17, 15) is 18.8 Å². The lowest BCUT2D eigenvalue weighted by atomic mass is 10.1. The smallest absolute Gasteiger partial charge is 0.291 e. The van der Waals surface area contributed by atoms with Gasteiger partial charge in [-0.2, -0.15) is 4.39 Å². The van der Waals surface area contributed by atoms with Gasteiger partial charge >= 0.3 is 0 Å². The van der Waals surface area contributed by atoms with Crippen molar-refractivity contribution in [3.8, 4) is 0 Å². The molecule has 0 aliphatic rings. The minimum Gasteiger partial charge on any atom is -0.426 e. The summed E-state index contributed by atoms with van der Waals surface area (Å²) >= 11 is 0. The Morgan fingerprint density at radius 2 is 1.66 bits per heavy atom. The van der Waals surface area contributed by atoms with Gasteiger partial charge in [-0.1, -0.05) is 18.2 Å². The molecule has 1 aromatic heterocycles. The number of anilines is 3. The van der Waals surface area contributed by atoms with Crippen LogP contribution in [0, 0.1) is 6.01 Å². The number of benzene rings is 2. The first-order chi connectivity index (χ1) is 13.9. The quantitative estimate of drug-likeness (QED) is 0.488. The van der Waals surface area contributed by atoms with E-state index in [1.165, 1.54) is 12.1 Å². The molecule has 0 fully saturated rings. The molecule has 9 heteroatoms. The van der Waals surface area contributed by atoms with Gasteiger partial charge in [0.1, 0.15) is 0 Å². The first-order valence-corrected chi connectivity index (χ1v) is 8.51. The fourth-order valence-corrected chi connectivity index (χ4v) is 2.54. The van der Waals surface area contributed by atoms with Crippen LogP contribution in [0.25, 0.3) is 0 Å². The fraction of sp³-hybridized carbons (Fsp3) is 0.0500. The number of hydrogen-bond acceptors (Lipinski definition) is 5. The van der Waals surface area contributed by atoms with Crippen molar-refractivity contribution in [1.82, 2.24) is 0 Å². The lowest BCUT2D eigenvalue weighted by molar-refractivity contribution is -0.114. The normalized spacial score (nSPS) is 10.2. The topological polar surface area (TPSA) is 126 Å². The highest BCUT2D eigenvalue weighted by atomic mass is 19.1. The molecule has 0 aliphatic carbocycles. The van der Waals surface area contributed by atoms with Gasteiger partial charge in [-0.3, -0.25) is 14.4 Å². The molecule has 3 aromatic rings. The number of rotatable bonds is 7. The predicted molar refractivity (Wildman–Crippen MR) is 105 cm³/mol. The van der Waals surface area contributed by atoms with Crippen molar-refractivity contribution in [2.45, 2.75) is 0 Å². The lowest BCUT2D eigenvalue weighted by Gasteiger charge is -2.11. The van der Waals surface area contributed by atoms with Crippen molar-refractivity contribution in [2.24, 2.45) is 5.73 Å². The minimum absolute atomic E-state index is 0.105. The summed E-state index contributed by atoms with van der Waals surface area (Å²) in [7, 11) is 0. The van der Waals surface area contributed by atoms with E-state index in [1.54, 1.807) is 42.5 Å². The maximum absolute atomic E-state index is 12.9. The third kappa shape index (κ3) is 5.19. The number of carbonyl (C=O) groups is 3. The summed E-state index contributed by atoms with van der Waals surface area (Å²) in [6, 6.07) is 14.4. The van der Waals surface area contributed by atoms with E-state index in [0.717, 1.165) is 6.07 Å². The van der Waals surface area contributed by atoms with Gasteiger partial charge in [0.15, 0.2) is 5.76 Å². The molecular weight excluding hydrogens is 379 g/mol. The number of para-hydroxylation sites is 1. The van der Waals surface area contributed by atoms with E-state index in [4.69, 9.17) is 5.73 Å². The van der Waals surface area contributed by atoms with Crippen LogP contribution in [0.3, 0.4) is 0 Å². The second-order valence-electron chi connectivity index (χ2n) is 5.95. The summed E-state index contributed by atoms with van der Waals surface area (Å²) in [4.78, 5) is 35.6. The van der Waals surface area contributed by atoms with Crippen LogP contribution in [0.15, 0.2) is 65.1 Å². The molecule has 0 bridgehead atoms. The molecule has 3 amide bonds. The predicted octanol–water partition coefficient (Wildman–Crippen LogP) is 2.82. The molecule has 0 saturated heterocycles. The zero-order valence-corrected chi connectivity index (χ0v) is 15.1. The maximum Gasteiger partial charge on any atom is 0.291 e. The number of nitrogens with one attached hydrogen (secondary N) is 3. The Labute approximate surface area is 164 Å². The van der Waals surface area contributed by atoms with Crippen LogP contribution in [-0.2, 0) is 4.79 Å². The summed E-state index contributed by atoms with van der Waals surface area (Å²) in [5.41, 5.74) is 6.85. The van der Waals surface area contributed by atoms with Crippen LogP contribution < -0.4 is 21.7 Å². The SMILES string of the molecule is NC(=O)c1ccccc1NCC(=O)Nc1cccc(NC(=O)c2ccc(F)o2)c1. The minimum atomic E-state index is -0.860. The van der Waals surface area contributed by atoms with Gasteiger partial charge in [0, 0.05) is 23.1 Å². The molecule has 0 spiro atoms. The number of carbonyl (C=O) groups excluding carboxylic acids is 3. The van der Waals surface area contributed by atoms with Crippen LogP contribution in [0.2, 0.25) is 0 Å². The van der Waals surface area contributed by atoms with Crippen LogP contribution in [-0.4, -0.2) is 24.3 Å². The molecule has 0 aliphatic heterocycles. The zero-order chi connectivity index (χ0) is 20.8. The molecule has 0 atom stereocenters. The summed E-state index contributed by atoms with van der Waals surface area (Å²) in [6.45, 7) is -0.105. The van der Waals surface area contributed by atoms with Crippen molar-refractivity contribution in [2.75, 3.05) is 22.5 Å². The third-order valence-corrected chi connectivity index (χ3v) is 3.83. The third-order valence-electron chi connectivity index (χ3n) is 3.83. The molecule has 0 saturated carbocycles.